The quantitative estimate of drug-likeness (QED) is 0.245. The van der Waals surface area contributed by atoms with E-state index in [0.29, 0.717) is 18.8 Å². The fourth-order valence-electron chi connectivity index (χ4n) is 4.69. The van der Waals surface area contributed by atoms with E-state index < -0.39 is 11.5 Å². The van der Waals surface area contributed by atoms with E-state index in [0.717, 1.165) is 37.3 Å². The van der Waals surface area contributed by atoms with Gasteiger partial charge in [-0.05, 0) is 81.9 Å². The highest BCUT2D eigenvalue weighted by molar-refractivity contribution is 9.10. The second-order valence-corrected chi connectivity index (χ2v) is 11.8. The maximum atomic E-state index is 12.9. The first kappa shape index (κ1) is 27.1. The van der Waals surface area contributed by atoms with Crippen molar-refractivity contribution < 1.29 is 9.84 Å². The highest BCUT2D eigenvalue weighted by Crippen LogP contribution is 2.45. The number of rotatable bonds is 7. The molecule has 37 heavy (non-hydrogen) atoms. The Morgan fingerprint density at radius 1 is 1.00 bits per heavy atom. The van der Waals surface area contributed by atoms with E-state index in [1.165, 1.54) is 0 Å². The predicted octanol–water partition coefficient (Wildman–Crippen LogP) is 7.13. The Hall–Kier alpha value is -2.91. The van der Waals surface area contributed by atoms with Crippen LogP contribution in [0, 0.1) is 17.3 Å². The highest BCUT2D eigenvalue weighted by Gasteiger charge is 2.41. The van der Waals surface area contributed by atoms with E-state index >= 15 is 0 Å². The zero-order chi connectivity index (χ0) is 26.8. The number of hydrogen-bond acceptors (Lipinski definition) is 4. The van der Waals surface area contributed by atoms with E-state index in [1.54, 1.807) is 7.11 Å². The maximum Gasteiger partial charge on any atom is 0.218 e. The van der Waals surface area contributed by atoms with Crippen LogP contribution < -0.4 is 4.74 Å². The summed E-state index contributed by atoms with van der Waals surface area (Å²) in [5, 5.41) is 15.9. The molecule has 0 radical (unpaired) electrons. The summed E-state index contributed by atoms with van der Waals surface area (Å²) in [6.45, 7) is 6.94. The first-order valence-electron chi connectivity index (χ1n) is 12.5. The van der Waals surface area contributed by atoms with E-state index in [4.69, 9.17) is 9.72 Å². The molecule has 4 nitrogen and oxygen atoms in total. The van der Waals surface area contributed by atoms with Crippen LogP contribution in [-0.4, -0.2) is 42.7 Å². The van der Waals surface area contributed by atoms with E-state index in [-0.39, 0.29) is 5.41 Å². The number of aromatic nitrogens is 1. The molecule has 1 heterocycles. The molecule has 0 aliphatic rings. The van der Waals surface area contributed by atoms with Crippen molar-refractivity contribution in [3.63, 3.8) is 0 Å². The lowest BCUT2D eigenvalue weighted by Gasteiger charge is -2.37. The average molecular weight is 560 g/mol. The van der Waals surface area contributed by atoms with E-state index in [9.17, 15) is 5.11 Å². The predicted molar refractivity (Wildman–Crippen MR) is 157 cm³/mol. The van der Waals surface area contributed by atoms with Gasteiger partial charge in [0.1, 0.15) is 5.60 Å². The molecular weight excluding hydrogens is 524 g/mol. The summed E-state index contributed by atoms with van der Waals surface area (Å²) in [6.07, 6.45) is 0.483. The molecule has 2 atom stereocenters. The third kappa shape index (κ3) is 5.99. The molecule has 0 aliphatic carbocycles. The van der Waals surface area contributed by atoms with Crippen molar-refractivity contribution in [3.05, 3.63) is 82.3 Å². The Kier molecular flexibility index (Phi) is 7.94. The number of ether oxygens (including phenoxy) is 1. The number of fused-ring (bicyclic) bond motifs is 2. The number of nitrogens with zero attached hydrogens (tertiary/aromatic N) is 2. The lowest BCUT2D eigenvalue weighted by Crippen LogP contribution is -2.37. The highest BCUT2D eigenvalue weighted by atomic mass is 79.9. The summed E-state index contributed by atoms with van der Waals surface area (Å²) >= 11 is 3.59. The summed E-state index contributed by atoms with van der Waals surface area (Å²) in [5.74, 6) is 6.83. The number of methoxy groups -OCH3 is 1. The standard InChI is InChI=1S/C32H35BrN2O2/c1-31(2,3)17-16-28(26-21-23-20-24(33)14-15-29(23)34-30(26)37-6)32(36,18-19-35(4)5)27-13-9-11-22-10-7-8-12-25(22)27/h7-15,20-21,28,36H,18-19H2,1-6H3. The van der Waals surface area contributed by atoms with Crippen molar-refractivity contribution >= 4 is 37.6 Å². The average Bonchev–Trinajstić information content (AvgIpc) is 2.86. The molecule has 0 spiro atoms. The van der Waals surface area contributed by atoms with Gasteiger partial charge in [-0.1, -0.05) is 70.2 Å². The molecule has 4 aromatic rings. The number of halogens is 1. The van der Waals surface area contributed by atoms with Crippen LogP contribution >= 0.6 is 15.9 Å². The van der Waals surface area contributed by atoms with Crippen molar-refractivity contribution in [2.45, 2.75) is 38.7 Å². The third-order valence-corrected chi connectivity index (χ3v) is 7.03. The molecule has 0 amide bonds. The van der Waals surface area contributed by atoms with Crippen LogP contribution in [0.25, 0.3) is 21.7 Å². The van der Waals surface area contributed by atoms with Crippen LogP contribution in [0.3, 0.4) is 0 Å². The van der Waals surface area contributed by atoms with Crippen molar-refractivity contribution in [2.24, 2.45) is 5.41 Å². The minimum Gasteiger partial charge on any atom is -0.481 e. The molecule has 3 aromatic carbocycles. The van der Waals surface area contributed by atoms with Gasteiger partial charge >= 0.3 is 0 Å². The monoisotopic (exact) mass is 558 g/mol. The van der Waals surface area contributed by atoms with Gasteiger partial charge in [0.25, 0.3) is 0 Å². The molecule has 0 saturated heterocycles. The van der Waals surface area contributed by atoms with E-state index in [2.05, 4.69) is 77.7 Å². The molecule has 0 bridgehead atoms. The summed E-state index contributed by atoms with van der Waals surface area (Å²) < 4.78 is 6.79. The van der Waals surface area contributed by atoms with Gasteiger partial charge in [-0.25, -0.2) is 4.98 Å². The van der Waals surface area contributed by atoms with Gasteiger partial charge in [0.05, 0.1) is 18.5 Å². The van der Waals surface area contributed by atoms with Crippen LogP contribution in [0.2, 0.25) is 0 Å². The molecule has 0 aliphatic heterocycles. The molecule has 192 valence electrons. The van der Waals surface area contributed by atoms with Crippen molar-refractivity contribution in [3.8, 4) is 17.7 Å². The van der Waals surface area contributed by atoms with Gasteiger partial charge in [-0.15, -0.1) is 0 Å². The topological polar surface area (TPSA) is 45.6 Å². The third-order valence-electron chi connectivity index (χ3n) is 6.54. The van der Waals surface area contributed by atoms with Crippen LogP contribution in [0.1, 0.15) is 44.2 Å². The Labute approximate surface area is 228 Å². The van der Waals surface area contributed by atoms with Crippen LogP contribution in [0.4, 0.5) is 0 Å². The van der Waals surface area contributed by atoms with Gasteiger partial charge in [0.2, 0.25) is 5.88 Å². The van der Waals surface area contributed by atoms with Gasteiger partial charge < -0.3 is 14.7 Å². The Bertz CT molecular complexity index is 1470. The molecule has 4 rings (SSSR count). The van der Waals surface area contributed by atoms with Crippen LogP contribution in [0.15, 0.2) is 71.2 Å². The molecule has 0 fully saturated rings. The van der Waals surface area contributed by atoms with E-state index in [1.807, 2.05) is 56.6 Å². The second-order valence-electron chi connectivity index (χ2n) is 10.9. The lowest BCUT2D eigenvalue weighted by atomic mass is 9.73. The van der Waals surface area contributed by atoms with Crippen molar-refractivity contribution in [2.75, 3.05) is 27.7 Å². The molecule has 1 aromatic heterocycles. The molecule has 0 saturated carbocycles. The maximum absolute atomic E-state index is 12.9. The van der Waals surface area contributed by atoms with Crippen molar-refractivity contribution in [1.29, 1.82) is 0 Å². The van der Waals surface area contributed by atoms with Crippen LogP contribution in [0.5, 0.6) is 5.88 Å². The Balaban J connectivity index is 2.06. The Morgan fingerprint density at radius 3 is 2.43 bits per heavy atom. The first-order valence-corrected chi connectivity index (χ1v) is 13.3. The zero-order valence-electron chi connectivity index (χ0n) is 22.5. The minimum atomic E-state index is -1.31. The fourth-order valence-corrected chi connectivity index (χ4v) is 5.07. The lowest BCUT2D eigenvalue weighted by molar-refractivity contribution is 0.00990. The number of aliphatic hydroxyl groups is 1. The van der Waals surface area contributed by atoms with Gasteiger partial charge in [0.15, 0.2) is 0 Å². The molecule has 1 N–H and O–H groups in total. The number of hydrogen-bond donors (Lipinski definition) is 1. The normalized spacial score (nSPS) is 14.3. The van der Waals surface area contributed by atoms with Crippen LogP contribution in [-0.2, 0) is 5.60 Å². The van der Waals surface area contributed by atoms with Gasteiger partial charge in [-0.2, -0.15) is 0 Å². The Morgan fingerprint density at radius 2 is 1.73 bits per heavy atom. The SMILES string of the molecule is COc1nc2ccc(Br)cc2cc1C(C#CC(C)(C)C)C(O)(CCN(C)C)c1cccc2ccccc12. The summed E-state index contributed by atoms with van der Waals surface area (Å²) in [4.78, 5) is 6.93. The minimum absolute atomic E-state index is 0.250. The zero-order valence-corrected chi connectivity index (χ0v) is 24.1. The first-order chi connectivity index (χ1) is 17.5. The summed E-state index contributed by atoms with van der Waals surface area (Å²) in [5.41, 5.74) is 0.905. The summed E-state index contributed by atoms with van der Waals surface area (Å²) in [7, 11) is 5.67. The smallest absolute Gasteiger partial charge is 0.218 e. The second kappa shape index (κ2) is 10.8. The largest absolute Gasteiger partial charge is 0.481 e. The fraction of sp³-hybridized carbons (Fsp3) is 0.344. The number of pyridine rings is 1. The molecule has 5 heteroatoms. The summed E-state index contributed by atoms with van der Waals surface area (Å²) in [6, 6.07) is 22.4. The van der Waals surface area contributed by atoms with Crippen molar-refractivity contribution in [1.82, 2.24) is 9.88 Å². The number of benzene rings is 3. The molecular formula is C32H35BrN2O2. The van der Waals surface area contributed by atoms with Gasteiger partial charge in [-0.3, -0.25) is 0 Å². The van der Waals surface area contributed by atoms with Gasteiger partial charge in [0, 0.05) is 27.4 Å². The molecule has 2 unspecified atom stereocenters.